The summed E-state index contributed by atoms with van der Waals surface area (Å²) in [5, 5.41) is 32.7. The van der Waals surface area contributed by atoms with Gasteiger partial charge in [-0.3, -0.25) is 19.8 Å². The van der Waals surface area contributed by atoms with Crippen molar-refractivity contribution in [3.8, 4) is 51.7 Å². The summed E-state index contributed by atoms with van der Waals surface area (Å²) in [6.07, 6.45) is 2.93. The molecule has 0 radical (unpaired) electrons. The third kappa shape index (κ3) is 9.51. The molecule has 0 unspecified atom stereocenters. The summed E-state index contributed by atoms with van der Waals surface area (Å²) in [5.41, 5.74) is 0.981. The van der Waals surface area contributed by atoms with Crippen LogP contribution in [-0.2, 0) is 0 Å². The van der Waals surface area contributed by atoms with E-state index in [0.717, 1.165) is 13.1 Å². The zero-order chi connectivity index (χ0) is 38.2. The van der Waals surface area contributed by atoms with Crippen molar-refractivity contribution >= 4 is 12.4 Å². The number of phenolic OH excluding ortho intramolecular Hbond substituents is 3. The summed E-state index contributed by atoms with van der Waals surface area (Å²) in [7, 11) is 9.27. The van der Waals surface area contributed by atoms with E-state index < -0.39 is 0 Å². The van der Waals surface area contributed by atoms with Crippen molar-refractivity contribution in [1.82, 2.24) is 9.80 Å². The van der Waals surface area contributed by atoms with E-state index >= 15 is 0 Å². The molecule has 0 amide bonds. The van der Waals surface area contributed by atoms with Gasteiger partial charge in [0.2, 0.25) is 0 Å². The van der Waals surface area contributed by atoms with Crippen molar-refractivity contribution in [2.45, 2.75) is 33.9 Å². The molecule has 13 nitrogen and oxygen atoms in total. The molecule has 3 aromatic carbocycles. The van der Waals surface area contributed by atoms with Crippen LogP contribution in [0.15, 0.2) is 46.4 Å². The van der Waals surface area contributed by atoms with Crippen LogP contribution >= 0.6 is 0 Å². The number of aromatic hydroxyl groups is 3. The van der Waals surface area contributed by atoms with Crippen LogP contribution in [0, 0.1) is 10.8 Å². The molecule has 0 aromatic heterocycles. The minimum Gasteiger partial charge on any atom is -0.507 e. The standard InChI is InChI=1S/C39H54N4O9/c1-38(2,21-40-19-28-30(44)13-25(47-5)16-33(28)50-8)23-42-11-12-43(37(42)36-32(46)15-27(49-7)18-35(36)52-10)24-39(3,4)22-41-20-29-31(45)14-26(48-6)17-34(29)51-9/h13-20,37,44-46H,11-12,21-24H2,1-10H3. The summed E-state index contributed by atoms with van der Waals surface area (Å²) >= 11 is 0. The van der Waals surface area contributed by atoms with E-state index in [9.17, 15) is 15.3 Å². The first-order chi connectivity index (χ1) is 24.7. The van der Waals surface area contributed by atoms with Gasteiger partial charge in [0.15, 0.2) is 0 Å². The number of hydrogen-bond acceptors (Lipinski definition) is 13. The fraction of sp³-hybridized carbons (Fsp3) is 0.487. The average molecular weight is 723 g/mol. The Balaban J connectivity index is 1.60. The highest BCUT2D eigenvalue weighted by Crippen LogP contribution is 2.45. The van der Waals surface area contributed by atoms with Crippen molar-refractivity contribution in [1.29, 1.82) is 0 Å². The highest BCUT2D eigenvalue weighted by Gasteiger charge is 2.41. The van der Waals surface area contributed by atoms with Gasteiger partial charge in [0.1, 0.15) is 51.7 Å². The minimum atomic E-state index is -0.330. The van der Waals surface area contributed by atoms with Gasteiger partial charge >= 0.3 is 0 Å². The van der Waals surface area contributed by atoms with E-state index in [1.54, 1.807) is 50.9 Å². The van der Waals surface area contributed by atoms with Crippen molar-refractivity contribution in [3.63, 3.8) is 0 Å². The molecule has 1 aliphatic rings. The normalized spacial score (nSPS) is 15.8. The van der Waals surface area contributed by atoms with Crippen LogP contribution in [0.5, 0.6) is 51.7 Å². The van der Waals surface area contributed by atoms with Crippen LogP contribution in [0.3, 0.4) is 0 Å². The molecular formula is C39H54N4O9. The molecule has 13 heteroatoms. The molecule has 3 N–H and O–H groups in total. The maximum absolute atomic E-state index is 11.4. The van der Waals surface area contributed by atoms with Crippen molar-refractivity contribution in [2.24, 2.45) is 20.8 Å². The number of rotatable bonds is 17. The zero-order valence-corrected chi connectivity index (χ0v) is 32.0. The SMILES string of the molecule is COc1cc(O)c(C=NCC(C)(C)CN2CCN(CC(C)(C)CN=Cc3c(O)cc(OC)cc3OC)C2c2c(O)cc(OC)cc2OC)c(OC)c1. The predicted octanol–water partition coefficient (Wildman–Crippen LogP) is 5.76. The van der Waals surface area contributed by atoms with E-state index in [1.165, 1.54) is 40.6 Å². The highest BCUT2D eigenvalue weighted by molar-refractivity contribution is 5.88. The lowest BCUT2D eigenvalue weighted by atomic mass is 9.91. The number of phenols is 3. The second-order valence-electron chi connectivity index (χ2n) is 14.4. The first-order valence-electron chi connectivity index (χ1n) is 17.0. The Morgan fingerprint density at radius 3 is 1.31 bits per heavy atom. The van der Waals surface area contributed by atoms with Crippen LogP contribution in [0.25, 0.3) is 0 Å². The van der Waals surface area contributed by atoms with E-state index in [1.807, 2.05) is 0 Å². The van der Waals surface area contributed by atoms with Crippen LogP contribution in [-0.4, -0.2) is 119 Å². The molecule has 0 aliphatic carbocycles. The molecule has 1 aliphatic heterocycles. The Kier molecular flexibility index (Phi) is 13.1. The van der Waals surface area contributed by atoms with Crippen LogP contribution in [0.4, 0.5) is 0 Å². The maximum Gasteiger partial charge on any atom is 0.135 e. The Morgan fingerprint density at radius 1 is 0.577 bits per heavy atom. The molecule has 3 aromatic rings. The number of aliphatic imine (C=N–C) groups is 2. The van der Waals surface area contributed by atoms with Gasteiger partial charge in [0.25, 0.3) is 0 Å². The molecule has 0 saturated carbocycles. The molecule has 1 saturated heterocycles. The minimum absolute atomic E-state index is 0.0157. The van der Waals surface area contributed by atoms with E-state index in [0.29, 0.717) is 77.4 Å². The third-order valence-corrected chi connectivity index (χ3v) is 9.01. The largest absolute Gasteiger partial charge is 0.507 e. The second kappa shape index (κ2) is 17.1. The zero-order valence-electron chi connectivity index (χ0n) is 32.0. The number of methoxy groups -OCH3 is 6. The number of benzene rings is 3. The fourth-order valence-electron chi connectivity index (χ4n) is 6.54. The van der Waals surface area contributed by atoms with Gasteiger partial charge < -0.3 is 43.7 Å². The third-order valence-electron chi connectivity index (χ3n) is 9.01. The molecular weight excluding hydrogens is 668 g/mol. The molecule has 52 heavy (non-hydrogen) atoms. The number of nitrogens with zero attached hydrogens (tertiary/aromatic N) is 4. The molecule has 0 atom stereocenters. The Hall–Kier alpha value is -4.88. The van der Waals surface area contributed by atoms with Gasteiger partial charge in [-0.1, -0.05) is 27.7 Å². The van der Waals surface area contributed by atoms with Gasteiger partial charge in [-0.05, 0) is 10.8 Å². The van der Waals surface area contributed by atoms with E-state index in [-0.39, 0.29) is 34.2 Å². The maximum atomic E-state index is 11.4. The molecule has 0 spiro atoms. The lowest BCUT2D eigenvalue weighted by Crippen LogP contribution is -2.41. The molecule has 1 heterocycles. The Bertz CT molecular complexity index is 1650. The van der Waals surface area contributed by atoms with Crippen molar-refractivity contribution < 1.29 is 43.7 Å². The van der Waals surface area contributed by atoms with E-state index in [2.05, 4.69) is 37.5 Å². The quantitative estimate of drug-likeness (QED) is 0.146. The van der Waals surface area contributed by atoms with Gasteiger partial charge in [0, 0.05) is 88.1 Å². The van der Waals surface area contributed by atoms with Gasteiger partial charge in [0.05, 0.1) is 65.5 Å². The van der Waals surface area contributed by atoms with Gasteiger partial charge in [-0.2, -0.15) is 0 Å². The summed E-state index contributed by atoms with van der Waals surface area (Å²) in [4.78, 5) is 14.1. The average Bonchev–Trinajstić information content (AvgIpc) is 3.47. The van der Waals surface area contributed by atoms with Gasteiger partial charge in [-0.25, -0.2) is 0 Å². The number of hydrogen-bond donors (Lipinski definition) is 3. The fourth-order valence-corrected chi connectivity index (χ4v) is 6.54. The Morgan fingerprint density at radius 2 is 0.942 bits per heavy atom. The molecule has 4 rings (SSSR count). The van der Waals surface area contributed by atoms with Crippen LogP contribution in [0.1, 0.15) is 50.6 Å². The topological polar surface area (TPSA) is 147 Å². The van der Waals surface area contributed by atoms with Crippen LogP contribution < -0.4 is 28.4 Å². The molecule has 284 valence electrons. The second-order valence-corrected chi connectivity index (χ2v) is 14.4. The van der Waals surface area contributed by atoms with Crippen molar-refractivity contribution in [2.75, 3.05) is 81.9 Å². The van der Waals surface area contributed by atoms with E-state index in [4.69, 9.17) is 38.4 Å². The summed E-state index contributed by atoms with van der Waals surface area (Å²) in [6.45, 7) is 12.2. The monoisotopic (exact) mass is 722 g/mol. The first-order valence-corrected chi connectivity index (χ1v) is 17.0. The molecule has 0 bridgehead atoms. The Labute approximate surface area is 307 Å². The number of ether oxygens (including phenoxy) is 6. The highest BCUT2D eigenvalue weighted by atomic mass is 16.5. The summed E-state index contributed by atoms with van der Waals surface area (Å²) in [6, 6.07) is 9.87. The van der Waals surface area contributed by atoms with Gasteiger partial charge in [-0.15, -0.1) is 0 Å². The van der Waals surface area contributed by atoms with Crippen LogP contribution in [0.2, 0.25) is 0 Å². The summed E-state index contributed by atoms with van der Waals surface area (Å²) in [5.74, 6) is 3.02. The lowest BCUT2D eigenvalue weighted by Gasteiger charge is -2.38. The first kappa shape index (κ1) is 39.9. The molecule has 1 fully saturated rings. The lowest BCUT2D eigenvalue weighted by molar-refractivity contribution is 0.0737. The summed E-state index contributed by atoms with van der Waals surface area (Å²) < 4.78 is 32.7. The smallest absolute Gasteiger partial charge is 0.135 e. The van der Waals surface area contributed by atoms with Crippen molar-refractivity contribution in [3.05, 3.63) is 53.1 Å². The predicted molar refractivity (Wildman–Crippen MR) is 202 cm³/mol.